The van der Waals surface area contributed by atoms with E-state index in [-0.39, 0.29) is 0 Å². The number of carbonyl (C=O) groups excluding carboxylic acids is 1. The molecular formula is C13H13N3O. The van der Waals surface area contributed by atoms with Crippen molar-refractivity contribution >= 4 is 12.0 Å². The van der Waals surface area contributed by atoms with Gasteiger partial charge in [-0.25, -0.2) is 4.98 Å². The zero-order valence-corrected chi connectivity index (χ0v) is 9.50. The second-order valence-electron chi connectivity index (χ2n) is 3.68. The topological polar surface area (TPSA) is 60.9 Å². The van der Waals surface area contributed by atoms with Crippen molar-refractivity contribution < 1.29 is 4.79 Å². The van der Waals surface area contributed by atoms with Crippen LogP contribution in [-0.4, -0.2) is 15.5 Å². The first-order valence-corrected chi connectivity index (χ1v) is 5.25. The van der Waals surface area contributed by atoms with E-state index < -0.39 is 5.91 Å². The number of aryl methyl sites for hydroxylation is 1. The van der Waals surface area contributed by atoms with Crippen molar-refractivity contribution in [1.82, 2.24) is 9.55 Å². The molecule has 2 aromatic heterocycles. The Morgan fingerprint density at radius 2 is 2.24 bits per heavy atom. The summed E-state index contributed by atoms with van der Waals surface area (Å²) in [5.41, 5.74) is 7.01. The summed E-state index contributed by atoms with van der Waals surface area (Å²) in [5, 5.41) is 0. The van der Waals surface area contributed by atoms with E-state index in [2.05, 4.69) is 4.98 Å². The lowest BCUT2D eigenvalue weighted by atomic mass is 10.3. The summed E-state index contributed by atoms with van der Waals surface area (Å²) < 4.78 is 1.91. The molecule has 86 valence electrons. The van der Waals surface area contributed by atoms with Crippen LogP contribution in [0.5, 0.6) is 0 Å². The molecule has 0 spiro atoms. The average Bonchev–Trinajstić information content (AvgIpc) is 2.75. The van der Waals surface area contributed by atoms with Crippen LogP contribution >= 0.6 is 0 Å². The van der Waals surface area contributed by atoms with Gasteiger partial charge in [-0.2, -0.15) is 0 Å². The Bertz CT molecular complexity index is 570. The third-order valence-corrected chi connectivity index (χ3v) is 2.41. The number of hydrogen-bond donors (Lipinski definition) is 1. The highest BCUT2D eigenvalue weighted by Gasteiger charge is 2.04. The van der Waals surface area contributed by atoms with E-state index in [0.29, 0.717) is 0 Å². The van der Waals surface area contributed by atoms with E-state index in [1.54, 1.807) is 12.3 Å². The summed E-state index contributed by atoms with van der Waals surface area (Å²) >= 11 is 0. The normalized spacial score (nSPS) is 10.9. The van der Waals surface area contributed by atoms with Gasteiger partial charge >= 0.3 is 0 Å². The first-order chi connectivity index (χ1) is 8.18. The molecule has 0 aliphatic carbocycles. The Labute approximate surface area is 99.4 Å². The van der Waals surface area contributed by atoms with Crippen LogP contribution in [0.2, 0.25) is 0 Å². The van der Waals surface area contributed by atoms with Gasteiger partial charge in [0.15, 0.2) is 0 Å². The fraction of sp³-hybridized carbons (Fsp3) is 0.0769. The predicted molar refractivity (Wildman–Crippen MR) is 66.5 cm³/mol. The fourth-order valence-electron chi connectivity index (χ4n) is 1.62. The Balaban J connectivity index is 2.44. The maximum Gasteiger partial charge on any atom is 0.241 e. The first-order valence-electron chi connectivity index (χ1n) is 5.25. The molecule has 0 radical (unpaired) electrons. The van der Waals surface area contributed by atoms with Crippen molar-refractivity contribution in [2.24, 2.45) is 5.73 Å². The molecule has 0 atom stereocenters. The largest absolute Gasteiger partial charge is 0.366 e. The van der Waals surface area contributed by atoms with Crippen LogP contribution in [0.1, 0.15) is 11.3 Å². The van der Waals surface area contributed by atoms with Crippen molar-refractivity contribution in [1.29, 1.82) is 0 Å². The van der Waals surface area contributed by atoms with Gasteiger partial charge in [0.2, 0.25) is 5.91 Å². The molecule has 0 saturated carbocycles. The predicted octanol–water partition coefficient (Wildman–Crippen LogP) is 1.68. The van der Waals surface area contributed by atoms with Gasteiger partial charge in [0.25, 0.3) is 0 Å². The average molecular weight is 227 g/mol. The zero-order valence-electron chi connectivity index (χ0n) is 9.50. The maximum absolute atomic E-state index is 10.7. The van der Waals surface area contributed by atoms with E-state index >= 15 is 0 Å². The highest BCUT2D eigenvalue weighted by molar-refractivity contribution is 5.90. The number of nitrogens with two attached hydrogens (primary N) is 1. The summed E-state index contributed by atoms with van der Waals surface area (Å²) in [7, 11) is 0. The fourth-order valence-corrected chi connectivity index (χ4v) is 1.62. The highest BCUT2D eigenvalue weighted by Crippen LogP contribution is 2.15. The molecule has 2 aromatic rings. The highest BCUT2D eigenvalue weighted by atomic mass is 16.1. The van der Waals surface area contributed by atoms with Gasteiger partial charge in [-0.3, -0.25) is 4.79 Å². The molecule has 2 heterocycles. The van der Waals surface area contributed by atoms with Gasteiger partial charge in [-0.1, -0.05) is 6.07 Å². The van der Waals surface area contributed by atoms with Crippen LogP contribution in [0.3, 0.4) is 0 Å². The molecule has 2 N–H and O–H groups in total. The minimum Gasteiger partial charge on any atom is -0.366 e. The smallest absolute Gasteiger partial charge is 0.241 e. The molecule has 0 aromatic carbocycles. The van der Waals surface area contributed by atoms with Crippen LogP contribution in [-0.2, 0) is 4.79 Å². The van der Waals surface area contributed by atoms with Crippen LogP contribution in [0.25, 0.3) is 11.9 Å². The van der Waals surface area contributed by atoms with Gasteiger partial charge in [0.1, 0.15) is 5.82 Å². The van der Waals surface area contributed by atoms with Gasteiger partial charge in [0, 0.05) is 24.2 Å². The first kappa shape index (κ1) is 11.1. The van der Waals surface area contributed by atoms with Crippen LogP contribution < -0.4 is 5.73 Å². The third-order valence-electron chi connectivity index (χ3n) is 2.41. The number of primary amides is 1. The lowest BCUT2D eigenvalue weighted by Gasteiger charge is -2.07. The molecular weight excluding hydrogens is 214 g/mol. The van der Waals surface area contributed by atoms with Gasteiger partial charge in [-0.15, -0.1) is 0 Å². The summed E-state index contributed by atoms with van der Waals surface area (Å²) in [6.45, 7) is 1.99. The zero-order chi connectivity index (χ0) is 12.3. The molecule has 0 bridgehead atoms. The lowest BCUT2D eigenvalue weighted by molar-refractivity contribution is -0.113. The number of hydrogen-bond acceptors (Lipinski definition) is 2. The summed E-state index contributed by atoms with van der Waals surface area (Å²) in [6.07, 6.45) is 6.65. The molecule has 0 aliphatic rings. The second kappa shape index (κ2) is 4.65. The standard InChI is InChI=1S/C13H13N3O/c1-10-4-2-8-15-13(10)16-9-3-5-11(16)6-7-12(14)17/h2-9H,1H3,(H2,14,17)/b7-6-. The Hall–Kier alpha value is -2.36. The van der Waals surface area contributed by atoms with E-state index in [0.717, 1.165) is 17.1 Å². The molecule has 1 amide bonds. The molecule has 4 heteroatoms. The van der Waals surface area contributed by atoms with Gasteiger partial charge in [-0.05, 0) is 36.8 Å². The molecule has 0 saturated heterocycles. The van der Waals surface area contributed by atoms with E-state index in [1.807, 2.05) is 42.0 Å². The van der Waals surface area contributed by atoms with E-state index in [1.165, 1.54) is 6.08 Å². The maximum atomic E-state index is 10.7. The van der Waals surface area contributed by atoms with Crippen LogP contribution in [0.15, 0.2) is 42.7 Å². The Kier molecular flexibility index (Phi) is 3.05. The summed E-state index contributed by atoms with van der Waals surface area (Å²) in [5.74, 6) is 0.386. The second-order valence-corrected chi connectivity index (χ2v) is 3.68. The number of pyridine rings is 1. The minimum absolute atomic E-state index is 0.463. The van der Waals surface area contributed by atoms with E-state index in [4.69, 9.17) is 5.73 Å². The molecule has 4 nitrogen and oxygen atoms in total. The number of amides is 1. The monoisotopic (exact) mass is 227 g/mol. The number of rotatable bonds is 3. The van der Waals surface area contributed by atoms with Gasteiger partial charge < -0.3 is 10.3 Å². The quantitative estimate of drug-likeness (QED) is 0.811. The minimum atomic E-state index is -0.463. The lowest BCUT2D eigenvalue weighted by Crippen LogP contribution is -2.06. The van der Waals surface area contributed by atoms with Crippen LogP contribution in [0, 0.1) is 6.92 Å². The van der Waals surface area contributed by atoms with Crippen molar-refractivity contribution in [3.8, 4) is 5.82 Å². The summed E-state index contributed by atoms with van der Waals surface area (Å²) in [4.78, 5) is 15.0. The van der Waals surface area contributed by atoms with Crippen molar-refractivity contribution in [3.63, 3.8) is 0 Å². The van der Waals surface area contributed by atoms with Crippen molar-refractivity contribution in [2.45, 2.75) is 6.92 Å². The number of carbonyl (C=O) groups is 1. The third kappa shape index (κ3) is 2.42. The Morgan fingerprint density at radius 3 is 2.94 bits per heavy atom. The molecule has 0 aliphatic heterocycles. The van der Waals surface area contributed by atoms with E-state index in [9.17, 15) is 4.79 Å². The number of nitrogens with zero attached hydrogens (tertiary/aromatic N) is 2. The number of aromatic nitrogens is 2. The van der Waals surface area contributed by atoms with Crippen molar-refractivity contribution in [3.05, 3.63) is 54.0 Å². The molecule has 0 unspecified atom stereocenters. The van der Waals surface area contributed by atoms with Crippen LogP contribution in [0.4, 0.5) is 0 Å². The summed E-state index contributed by atoms with van der Waals surface area (Å²) in [6, 6.07) is 7.67. The molecule has 0 fully saturated rings. The Morgan fingerprint density at radius 1 is 1.41 bits per heavy atom. The molecule has 2 rings (SSSR count). The van der Waals surface area contributed by atoms with Crippen molar-refractivity contribution in [2.75, 3.05) is 0 Å². The molecule has 17 heavy (non-hydrogen) atoms. The SMILES string of the molecule is Cc1cccnc1-n1cccc1/C=C\C(N)=O. The van der Waals surface area contributed by atoms with Gasteiger partial charge in [0.05, 0.1) is 0 Å².